The van der Waals surface area contributed by atoms with E-state index in [2.05, 4.69) is 20.3 Å². The fourth-order valence-electron chi connectivity index (χ4n) is 1.88. The Morgan fingerprint density at radius 1 is 1.13 bits per heavy atom. The van der Waals surface area contributed by atoms with Crippen LogP contribution in [-0.4, -0.2) is 15.0 Å². The van der Waals surface area contributed by atoms with Crippen LogP contribution in [-0.2, 0) is 0 Å². The Balaban J connectivity index is 1.95. The standard InChI is InChI=1S/C16H12N6O/c17-10-11(9-13-7-4-8-23-13)14-20-15(18)22-16(21-14)19-12-5-2-1-3-6-12/h1-9H,(H3,18,19,20,21,22)/b11-9+. The summed E-state index contributed by atoms with van der Waals surface area (Å²) in [5.41, 5.74) is 6.75. The lowest BCUT2D eigenvalue weighted by Crippen LogP contribution is -2.06. The quantitative estimate of drug-likeness (QED) is 0.712. The highest BCUT2D eigenvalue weighted by molar-refractivity contribution is 5.86. The van der Waals surface area contributed by atoms with Gasteiger partial charge in [0.2, 0.25) is 11.9 Å². The van der Waals surface area contributed by atoms with Crippen LogP contribution < -0.4 is 11.1 Å². The maximum absolute atomic E-state index is 9.33. The Hall–Kier alpha value is -3.66. The molecule has 0 amide bonds. The van der Waals surface area contributed by atoms with Gasteiger partial charge in [-0.05, 0) is 24.3 Å². The van der Waals surface area contributed by atoms with Crippen LogP contribution in [0.2, 0.25) is 0 Å². The highest BCUT2D eigenvalue weighted by Gasteiger charge is 2.10. The van der Waals surface area contributed by atoms with Crippen molar-refractivity contribution in [1.29, 1.82) is 5.26 Å². The van der Waals surface area contributed by atoms with E-state index in [-0.39, 0.29) is 23.3 Å². The Kier molecular flexibility index (Phi) is 3.98. The average molecular weight is 304 g/mol. The molecule has 0 fully saturated rings. The molecule has 0 radical (unpaired) electrons. The minimum atomic E-state index is 0.0222. The van der Waals surface area contributed by atoms with Crippen LogP contribution in [0.4, 0.5) is 17.6 Å². The Morgan fingerprint density at radius 2 is 1.96 bits per heavy atom. The summed E-state index contributed by atoms with van der Waals surface area (Å²) in [6.45, 7) is 0. The van der Waals surface area contributed by atoms with E-state index in [4.69, 9.17) is 10.2 Å². The lowest BCUT2D eigenvalue weighted by atomic mass is 10.2. The van der Waals surface area contributed by atoms with Gasteiger partial charge < -0.3 is 15.5 Å². The molecule has 0 atom stereocenters. The fourth-order valence-corrected chi connectivity index (χ4v) is 1.88. The first-order valence-electron chi connectivity index (χ1n) is 6.74. The fraction of sp³-hybridized carbons (Fsp3) is 0. The Labute approximate surface area is 132 Å². The number of nitrogens with one attached hydrogen (secondary N) is 1. The molecule has 0 saturated heterocycles. The number of furan rings is 1. The molecule has 2 heterocycles. The van der Waals surface area contributed by atoms with Gasteiger partial charge in [0.15, 0.2) is 5.82 Å². The normalized spacial score (nSPS) is 11.0. The number of nitrogens with zero attached hydrogens (tertiary/aromatic N) is 4. The van der Waals surface area contributed by atoms with Crippen molar-refractivity contribution >= 4 is 29.2 Å². The summed E-state index contributed by atoms with van der Waals surface area (Å²) in [4.78, 5) is 12.3. The second kappa shape index (κ2) is 6.41. The molecule has 3 N–H and O–H groups in total. The zero-order chi connectivity index (χ0) is 16.1. The summed E-state index contributed by atoms with van der Waals surface area (Å²) in [6, 6.07) is 14.9. The van der Waals surface area contributed by atoms with E-state index >= 15 is 0 Å². The largest absolute Gasteiger partial charge is 0.465 e. The molecule has 0 bridgehead atoms. The van der Waals surface area contributed by atoms with E-state index in [0.29, 0.717) is 5.76 Å². The van der Waals surface area contributed by atoms with Crippen molar-refractivity contribution in [2.75, 3.05) is 11.1 Å². The Morgan fingerprint density at radius 3 is 2.65 bits per heavy atom. The van der Waals surface area contributed by atoms with Gasteiger partial charge in [-0.2, -0.15) is 20.2 Å². The molecule has 0 unspecified atom stereocenters. The highest BCUT2D eigenvalue weighted by atomic mass is 16.3. The minimum Gasteiger partial charge on any atom is -0.465 e. The third kappa shape index (κ3) is 3.51. The Bertz CT molecular complexity index is 865. The van der Waals surface area contributed by atoms with Crippen molar-refractivity contribution in [2.24, 2.45) is 0 Å². The highest BCUT2D eigenvalue weighted by Crippen LogP contribution is 2.18. The second-order valence-corrected chi connectivity index (χ2v) is 4.52. The summed E-state index contributed by atoms with van der Waals surface area (Å²) in [5, 5.41) is 12.3. The van der Waals surface area contributed by atoms with E-state index < -0.39 is 0 Å². The maximum atomic E-state index is 9.33. The van der Waals surface area contributed by atoms with Gasteiger partial charge in [-0.15, -0.1) is 0 Å². The molecular formula is C16H12N6O. The number of para-hydroxylation sites is 1. The predicted octanol–water partition coefficient (Wildman–Crippen LogP) is 2.85. The number of rotatable bonds is 4. The number of nitrogens with two attached hydrogens (primary N) is 1. The van der Waals surface area contributed by atoms with Crippen LogP contribution >= 0.6 is 0 Å². The lowest BCUT2D eigenvalue weighted by molar-refractivity contribution is 0.557. The van der Waals surface area contributed by atoms with E-state index in [1.165, 1.54) is 6.26 Å². The molecule has 23 heavy (non-hydrogen) atoms. The summed E-state index contributed by atoms with van der Waals surface area (Å²) >= 11 is 0. The van der Waals surface area contributed by atoms with Gasteiger partial charge in [0.25, 0.3) is 0 Å². The molecule has 0 aliphatic rings. The maximum Gasteiger partial charge on any atom is 0.232 e. The van der Waals surface area contributed by atoms with Crippen molar-refractivity contribution in [3.05, 3.63) is 60.3 Å². The van der Waals surface area contributed by atoms with E-state index in [1.54, 1.807) is 18.2 Å². The molecule has 0 spiro atoms. The zero-order valence-corrected chi connectivity index (χ0v) is 12.0. The van der Waals surface area contributed by atoms with E-state index in [9.17, 15) is 5.26 Å². The van der Waals surface area contributed by atoms with Gasteiger partial charge in [0.1, 0.15) is 17.4 Å². The minimum absolute atomic E-state index is 0.0222. The smallest absolute Gasteiger partial charge is 0.232 e. The van der Waals surface area contributed by atoms with Gasteiger partial charge in [0.05, 0.1) is 6.26 Å². The summed E-state index contributed by atoms with van der Waals surface area (Å²) in [6.07, 6.45) is 3.06. The molecule has 7 nitrogen and oxygen atoms in total. The van der Waals surface area contributed by atoms with Gasteiger partial charge in [-0.1, -0.05) is 18.2 Å². The predicted molar refractivity (Wildman–Crippen MR) is 86.2 cm³/mol. The van der Waals surface area contributed by atoms with Crippen LogP contribution in [0.1, 0.15) is 11.6 Å². The molecule has 7 heteroatoms. The van der Waals surface area contributed by atoms with Gasteiger partial charge in [-0.25, -0.2) is 0 Å². The molecule has 112 valence electrons. The number of benzene rings is 1. The summed E-state index contributed by atoms with van der Waals surface area (Å²) < 4.78 is 5.20. The number of hydrogen-bond acceptors (Lipinski definition) is 7. The van der Waals surface area contributed by atoms with Crippen molar-refractivity contribution in [3.63, 3.8) is 0 Å². The average Bonchev–Trinajstić information content (AvgIpc) is 3.06. The molecule has 0 aliphatic heterocycles. The third-order valence-electron chi connectivity index (χ3n) is 2.87. The van der Waals surface area contributed by atoms with Crippen LogP contribution in [0.5, 0.6) is 0 Å². The number of nitrogen functional groups attached to an aromatic ring is 1. The second-order valence-electron chi connectivity index (χ2n) is 4.52. The van der Waals surface area contributed by atoms with Crippen LogP contribution in [0.25, 0.3) is 11.6 Å². The molecular weight excluding hydrogens is 292 g/mol. The van der Waals surface area contributed by atoms with Gasteiger partial charge in [-0.3, -0.25) is 0 Å². The topological polar surface area (TPSA) is 114 Å². The van der Waals surface area contributed by atoms with E-state index in [1.807, 2.05) is 36.4 Å². The number of hydrogen-bond donors (Lipinski definition) is 2. The molecule has 0 aliphatic carbocycles. The molecule has 3 aromatic rings. The first-order valence-corrected chi connectivity index (χ1v) is 6.74. The number of aromatic nitrogens is 3. The molecule has 2 aromatic heterocycles. The van der Waals surface area contributed by atoms with Crippen LogP contribution in [0.3, 0.4) is 0 Å². The lowest BCUT2D eigenvalue weighted by Gasteiger charge is -2.06. The van der Waals surface area contributed by atoms with Crippen molar-refractivity contribution in [2.45, 2.75) is 0 Å². The molecule has 3 rings (SSSR count). The van der Waals surface area contributed by atoms with Crippen molar-refractivity contribution in [1.82, 2.24) is 15.0 Å². The first-order chi connectivity index (χ1) is 11.2. The molecule has 1 aromatic carbocycles. The van der Waals surface area contributed by atoms with E-state index in [0.717, 1.165) is 5.69 Å². The summed E-state index contributed by atoms with van der Waals surface area (Å²) in [7, 11) is 0. The van der Waals surface area contributed by atoms with Crippen molar-refractivity contribution < 1.29 is 4.42 Å². The molecule has 0 saturated carbocycles. The third-order valence-corrected chi connectivity index (χ3v) is 2.87. The van der Waals surface area contributed by atoms with Gasteiger partial charge >= 0.3 is 0 Å². The first kappa shape index (κ1) is 14.3. The van der Waals surface area contributed by atoms with Crippen molar-refractivity contribution in [3.8, 4) is 6.07 Å². The van der Waals surface area contributed by atoms with Gasteiger partial charge in [0, 0.05) is 11.8 Å². The number of nitriles is 1. The zero-order valence-electron chi connectivity index (χ0n) is 12.0. The van der Waals surface area contributed by atoms with Crippen LogP contribution in [0, 0.1) is 11.3 Å². The monoisotopic (exact) mass is 304 g/mol. The van der Waals surface area contributed by atoms with Crippen LogP contribution in [0.15, 0.2) is 53.1 Å². The number of allylic oxidation sites excluding steroid dienone is 1. The SMILES string of the molecule is N#C/C(=C\c1ccco1)c1nc(N)nc(Nc2ccccc2)n1. The number of anilines is 3. The summed E-state index contributed by atoms with van der Waals surface area (Å²) in [5.74, 6) is 0.987.